The smallest absolute Gasteiger partial charge is 0.125 e. The fraction of sp³-hybridized carbons (Fsp3) is 0.462. The molecule has 0 heterocycles. The Morgan fingerprint density at radius 2 is 2.17 bits per heavy atom. The minimum Gasteiger partial charge on any atom is -0.497 e. The number of nitrogens with zero attached hydrogens (tertiary/aromatic N) is 1. The number of hydrogen-bond acceptors (Lipinski definition) is 5. The fourth-order valence-corrected chi connectivity index (χ4v) is 1.62. The van der Waals surface area contributed by atoms with Crippen LogP contribution < -0.4 is 14.8 Å². The second-order valence-corrected chi connectivity index (χ2v) is 3.70. The standard InChI is InChI=1S/C13H18N2O3/c1-17-10-4-5-13(18-2)11(8-10)12(9-14)15-6-3-7-16/h4-5,8,12,15-16H,3,6-7H2,1-2H3. The van der Waals surface area contributed by atoms with Gasteiger partial charge in [-0.1, -0.05) is 0 Å². The fourth-order valence-electron chi connectivity index (χ4n) is 1.62. The molecule has 0 bridgehead atoms. The first-order chi connectivity index (χ1) is 8.76. The van der Waals surface area contributed by atoms with Gasteiger partial charge in [-0.05, 0) is 31.2 Å². The predicted molar refractivity (Wildman–Crippen MR) is 67.6 cm³/mol. The number of hydrogen-bond donors (Lipinski definition) is 2. The van der Waals surface area contributed by atoms with Gasteiger partial charge >= 0.3 is 0 Å². The molecular weight excluding hydrogens is 232 g/mol. The van der Waals surface area contributed by atoms with Gasteiger partial charge in [-0.3, -0.25) is 5.32 Å². The zero-order chi connectivity index (χ0) is 13.4. The Morgan fingerprint density at radius 1 is 1.39 bits per heavy atom. The quantitative estimate of drug-likeness (QED) is 0.712. The molecule has 1 unspecified atom stereocenters. The minimum absolute atomic E-state index is 0.0976. The summed E-state index contributed by atoms with van der Waals surface area (Å²) in [6.45, 7) is 0.662. The first-order valence-electron chi connectivity index (χ1n) is 5.72. The van der Waals surface area contributed by atoms with Gasteiger partial charge in [0.15, 0.2) is 0 Å². The van der Waals surface area contributed by atoms with E-state index in [9.17, 15) is 5.26 Å². The molecule has 0 aromatic heterocycles. The topological polar surface area (TPSA) is 74.5 Å². The number of nitrogens with one attached hydrogen (secondary N) is 1. The largest absolute Gasteiger partial charge is 0.497 e. The van der Waals surface area contributed by atoms with Gasteiger partial charge in [-0.2, -0.15) is 5.26 Å². The molecule has 5 nitrogen and oxygen atoms in total. The molecule has 0 spiro atoms. The van der Waals surface area contributed by atoms with Gasteiger partial charge in [0.25, 0.3) is 0 Å². The average Bonchev–Trinajstić information content (AvgIpc) is 2.43. The van der Waals surface area contributed by atoms with Gasteiger partial charge in [-0.25, -0.2) is 0 Å². The van der Waals surface area contributed by atoms with E-state index in [1.807, 2.05) is 0 Å². The molecule has 18 heavy (non-hydrogen) atoms. The Bertz CT molecular complexity index is 415. The summed E-state index contributed by atoms with van der Waals surface area (Å²) < 4.78 is 10.4. The summed E-state index contributed by atoms with van der Waals surface area (Å²) in [4.78, 5) is 0. The number of nitriles is 1. The lowest BCUT2D eigenvalue weighted by Crippen LogP contribution is -2.22. The van der Waals surface area contributed by atoms with Crippen molar-refractivity contribution in [2.75, 3.05) is 27.4 Å². The minimum atomic E-state index is -0.485. The highest BCUT2D eigenvalue weighted by molar-refractivity contribution is 5.44. The molecule has 0 aliphatic rings. The molecular formula is C13H18N2O3. The van der Waals surface area contributed by atoms with Crippen molar-refractivity contribution in [3.63, 3.8) is 0 Å². The third kappa shape index (κ3) is 3.62. The van der Waals surface area contributed by atoms with Crippen molar-refractivity contribution in [1.29, 1.82) is 5.26 Å². The SMILES string of the molecule is COc1ccc(OC)c(C(C#N)NCCCO)c1. The summed E-state index contributed by atoms with van der Waals surface area (Å²) in [5.41, 5.74) is 0.734. The zero-order valence-electron chi connectivity index (χ0n) is 10.6. The Kier molecular flexibility index (Phi) is 5.98. The lowest BCUT2D eigenvalue weighted by molar-refractivity contribution is 0.284. The molecule has 0 aliphatic heterocycles. The van der Waals surface area contributed by atoms with Crippen molar-refractivity contribution in [3.05, 3.63) is 23.8 Å². The van der Waals surface area contributed by atoms with Gasteiger partial charge in [0.1, 0.15) is 17.5 Å². The summed E-state index contributed by atoms with van der Waals surface area (Å²) in [5, 5.41) is 21.0. The van der Waals surface area contributed by atoms with E-state index in [-0.39, 0.29) is 6.61 Å². The highest BCUT2D eigenvalue weighted by atomic mass is 16.5. The molecule has 5 heteroatoms. The molecule has 2 N–H and O–H groups in total. The van der Waals surface area contributed by atoms with Crippen LogP contribution in [0.2, 0.25) is 0 Å². The second kappa shape index (κ2) is 7.54. The van der Waals surface area contributed by atoms with Crippen molar-refractivity contribution in [1.82, 2.24) is 5.32 Å². The molecule has 1 atom stereocenters. The number of methoxy groups -OCH3 is 2. The monoisotopic (exact) mass is 250 g/mol. The van der Waals surface area contributed by atoms with E-state index < -0.39 is 6.04 Å². The van der Waals surface area contributed by atoms with Crippen LogP contribution >= 0.6 is 0 Å². The maximum atomic E-state index is 9.19. The summed E-state index contributed by atoms with van der Waals surface area (Å²) in [5.74, 6) is 1.31. The van der Waals surface area contributed by atoms with Gasteiger partial charge in [0.05, 0.1) is 20.3 Å². The third-order valence-corrected chi connectivity index (χ3v) is 2.56. The zero-order valence-corrected chi connectivity index (χ0v) is 10.6. The van der Waals surface area contributed by atoms with Crippen LogP contribution in [0.25, 0.3) is 0 Å². The number of aliphatic hydroxyl groups is 1. The lowest BCUT2D eigenvalue weighted by atomic mass is 10.1. The van der Waals surface area contributed by atoms with Gasteiger partial charge < -0.3 is 14.6 Å². The van der Waals surface area contributed by atoms with Crippen LogP contribution in [0, 0.1) is 11.3 Å². The third-order valence-electron chi connectivity index (χ3n) is 2.56. The van der Waals surface area contributed by atoms with E-state index in [0.29, 0.717) is 24.5 Å². The molecule has 1 aromatic carbocycles. The highest BCUT2D eigenvalue weighted by Gasteiger charge is 2.15. The molecule has 0 amide bonds. The molecule has 1 rings (SSSR count). The molecule has 0 saturated carbocycles. The van der Waals surface area contributed by atoms with Gasteiger partial charge in [0.2, 0.25) is 0 Å². The van der Waals surface area contributed by atoms with Crippen LogP contribution in [0.15, 0.2) is 18.2 Å². The normalized spacial score (nSPS) is 11.7. The van der Waals surface area contributed by atoms with E-state index in [1.165, 1.54) is 0 Å². The van der Waals surface area contributed by atoms with Crippen molar-refractivity contribution in [3.8, 4) is 17.6 Å². The molecule has 1 aromatic rings. The molecule has 0 radical (unpaired) electrons. The van der Waals surface area contributed by atoms with E-state index >= 15 is 0 Å². The van der Waals surface area contributed by atoms with E-state index in [4.69, 9.17) is 14.6 Å². The summed E-state index contributed by atoms with van der Waals surface area (Å²) in [6.07, 6.45) is 0.602. The van der Waals surface area contributed by atoms with Crippen LogP contribution in [0.3, 0.4) is 0 Å². The van der Waals surface area contributed by atoms with Crippen LogP contribution in [-0.2, 0) is 0 Å². The number of aliphatic hydroxyl groups excluding tert-OH is 1. The van der Waals surface area contributed by atoms with Gasteiger partial charge in [-0.15, -0.1) is 0 Å². The van der Waals surface area contributed by atoms with Crippen molar-refractivity contribution >= 4 is 0 Å². The summed E-state index contributed by atoms with van der Waals surface area (Å²) >= 11 is 0. The second-order valence-electron chi connectivity index (χ2n) is 3.70. The van der Waals surface area contributed by atoms with E-state index in [1.54, 1.807) is 32.4 Å². The Labute approximate surface area is 107 Å². The van der Waals surface area contributed by atoms with Crippen LogP contribution in [-0.4, -0.2) is 32.5 Å². The average molecular weight is 250 g/mol. The van der Waals surface area contributed by atoms with E-state index in [0.717, 1.165) is 5.56 Å². The van der Waals surface area contributed by atoms with E-state index in [2.05, 4.69) is 11.4 Å². The summed E-state index contributed by atoms with van der Waals surface area (Å²) in [7, 11) is 3.14. The molecule has 98 valence electrons. The first-order valence-corrected chi connectivity index (χ1v) is 5.72. The summed E-state index contributed by atoms with van der Waals surface area (Å²) in [6, 6.07) is 7.02. The van der Waals surface area contributed by atoms with Crippen molar-refractivity contribution in [2.45, 2.75) is 12.5 Å². The predicted octanol–water partition coefficient (Wildman–Crippen LogP) is 1.24. The molecule has 0 aliphatic carbocycles. The van der Waals surface area contributed by atoms with Gasteiger partial charge in [0, 0.05) is 12.2 Å². The number of benzene rings is 1. The van der Waals surface area contributed by atoms with Crippen LogP contribution in [0.4, 0.5) is 0 Å². The lowest BCUT2D eigenvalue weighted by Gasteiger charge is -2.16. The van der Waals surface area contributed by atoms with Crippen LogP contribution in [0.1, 0.15) is 18.0 Å². The Morgan fingerprint density at radius 3 is 2.72 bits per heavy atom. The van der Waals surface area contributed by atoms with Crippen molar-refractivity contribution in [2.24, 2.45) is 0 Å². The van der Waals surface area contributed by atoms with Crippen LogP contribution in [0.5, 0.6) is 11.5 Å². The number of rotatable bonds is 7. The van der Waals surface area contributed by atoms with Crippen molar-refractivity contribution < 1.29 is 14.6 Å². The Hall–Kier alpha value is -1.77. The number of ether oxygens (including phenoxy) is 2. The molecule has 0 fully saturated rings. The maximum Gasteiger partial charge on any atom is 0.125 e. The maximum absolute atomic E-state index is 9.19. The highest BCUT2D eigenvalue weighted by Crippen LogP contribution is 2.29. The Balaban J connectivity index is 2.92. The molecule has 0 saturated heterocycles. The first kappa shape index (κ1) is 14.3.